The van der Waals surface area contributed by atoms with E-state index in [-0.39, 0.29) is 17.7 Å². The summed E-state index contributed by atoms with van der Waals surface area (Å²) in [6, 6.07) is 12.6. The Balaban J connectivity index is 1.50. The first kappa shape index (κ1) is 19.8. The molecule has 0 atom stereocenters. The van der Waals surface area contributed by atoms with Gasteiger partial charge in [-0.15, -0.1) is 0 Å². The van der Waals surface area contributed by atoms with Gasteiger partial charge in [0.25, 0.3) is 0 Å². The number of anilines is 4. The third-order valence-corrected chi connectivity index (χ3v) is 6.65. The lowest BCUT2D eigenvalue weighted by molar-refractivity contribution is -0.123. The largest absolute Gasteiger partial charge is 0.378 e. The summed E-state index contributed by atoms with van der Waals surface area (Å²) in [5.41, 5.74) is 3.90. The molecule has 0 radical (unpaired) electrons. The molecule has 1 aliphatic carbocycles. The summed E-state index contributed by atoms with van der Waals surface area (Å²) in [7, 11) is 0. The molecule has 2 aromatic rings. The Labute approximate surface area is 182 Å². The van der Waals surface area contributed by atoms with Crippen LogP contribution in [-0.2, 0) is 16.1 Å². The number of amides is 1. The zero-order valence-electron chi connectivity index (χ0n) is 17.6. The van der Waals surface area contributed by atoms with Gasteiger partial charge in [0.2, 0.25) is 5.91 Å². The molecule has 7 heteroatoms. The highest BCUT2D eigenvalue weighted by atomic mass is 16.5. The summed E-state index contributed by atoms with van der Waals surface area (Å²) in [6.45, 7) is 3.62. The Morgan fingerprint density at radius 3 is 2.74 bits per heavy atom. The van der Waals surface area contributed by atoms with Gasteiger partial charge in [-0.25, -0.2) is 4.98 Å². The molecule has 3 heterocycles. The third-order valence-electron chi connectivity index (χ3n) is 6.65. The van der Waals surface area contributed by atoms with Gasteiger partial charge in [0, 0.05) is 42.4 Å². The number of pyridine rings is 1. The van der Waals surface area contributed by atoms with Crippen LogP contribution in [0, 0.1) is 23.2 Å². The minimum Gasteiger partial charge on any atom is -0.378 e. The Hall–Kier alpha value is -3.11. The number of hydrogen-bond acceptors (Lipinski definition) is 6. The average Bonchev–Trinajstić information content (AvgIpc) is 3.00. The molecule has 1 saturated carbocycles. The number of carbonyl (C=O) groups excluding carboxylic acids is 1. The second-order valence-corrected chi connectivity index (χ2v) is 8.54. The number of ether oxygens (including phenoxy) is 1. The lowest BCUT2D eigenvalue weighted by Gasteiger charge is -2.33. The van der Waals surface area contributed by atoms with Crippen molar-refractivity contribution in [1.82, 2.24) is 4.98 Å². The Morgan fingerprint density at radius 2 is 1.97 bits per heavy atom. The molecule has 2 aliphatic heterocycles. The molecule has 1 amide bonds. The van der Waals surface area contributed by atoms with Gasteiger partial charge in [-0.05, 0) is 49.9 Å². The van der Waals surface area contributed by atoms with E-state index in [1.165, 1.54) is 0 Å². The molecule has 160 valence electrons. The highest BCUT2D eigenvalue weighted by Gasteiger charge is 2.33. The molecule has 1 saturated heterocycles. The molecule has 0 unspecified atom stereocenters. The Morgan fingerprint density at radius 1 is 1.16 bits per heavy atom. The van der Waals surface area contributed by atoms with Crippen molar-refractivity contribution in [2.45, 2.75) is 32.2 Å². The predicted molar refractivity (Wildman–Crippen MR) is 119 cm³/mol. The topological polar surface area (TPSA) is 81.5 Å². The minimum absolute atomic E-state index is 0.0392. The van der Waals surface area contributed by atoms with Gasteiger partial charge in [0.15, 0.2) is 0 Å². The Bertz CT molecular complexity index is 1000. The van der Waals surface area contributed by atoms with E-state index in [1.807, 2.05) is 17.0 Å². The van der Waals surface area contributed by atoms with E-state index in [1.54, 1.807) is 6.20 Å². The summed E-state index contributed by atoms with van der Waals surface area (Å²) >= 11 is 0. The summed E-state index contributed by atoms with van der Waals surface area (Å²) in [5.74, 6) is 0.990. The fourth-order valence-electron chi connectivity index (χ4n) is 4.82. The van der Waals surface area contributed by atoms with Crippen molar-refractivity contribution < 1.29 is 9.53 Å². The van der Waals surface area contributed by atoms with E-state index < -0.39 is 0 Å². The van der Waals surface area contributed by atoms with E-state index in [4.69, 9.17) is 4.74 Å². The normalized spacial score (nSPS) is 23.1. The van der Waals surface area contributed by atoms with Crippen LogP contribution in [0.5, 0.6) is 0 Å². The van der Waals surface area contributed by atoms with Crippen LogP contribution >= 0.6 is 0 Å². The number of aromatic nitrogens is 1. The highest BCUT2D eigenvalue weighted by Crippen LogP contribution is 2.40. The molecule has 1 N–H and O–H groups in total. The number of carbonyl (C=O) groups is 1. The van der Waals surface area contributed by atoms with Crippen molar-refractivity contribution >= 4 is 28.8 Å². The molecule has 3 aliphatic rings. The molecule has 1 aromatic heterocycles. The summed E-state index contributed by atoms with van der Waals surface area (Å²) in [5, 5.41) is 12.7. The van der Waals surface area contributed by atoms with Crippen molar-refractivity contribution in [1.29, 1.82) is 5.26 Å². The number of nitriles is 1. The second kappa shape index (κ2) is 8.56. The van der Waals surface area contributed by atoms with E-state index in [9.17, 15) is 10.1 Å². The maximum absolute atomic E-state index is 13.7. The number of nitrogens with zero attached hydrogens (tertiary/aromatic N) is 4. The Kier molecular flexibility index (Phi) is 5.47. The van der Waals surface area contributed by atoms with Gasteiger partial charge in [-0.1, -0.05) is 6.07 Å². The number of nitrogens with one attached hydrogen (secondary N) is 1. The fourth-order valence-corrected chi connectivity index (χ4v) is 4.82. The maximum Gasteiger partial charge on any atom is 0.230 e. The van der Waals surface area contributed by atoms with Gasteiger partial charge in [-0.3, -0.25) is 4.79 Å². The number of fused-ring (bicyclic) bond motifs is 2. The van der Waals surface area contributed by atoms with E-state index in [2.05, 4.69) is 39.5 Å². The first-order valence-corrected chi connectivity index (χ1v) is 11.1. The van der Waals surface area contributed by atoms with Crippen LogP contribution in [0.2, 0.25) is 0 Å². The highest BCUT2D eigenvalue weighted by molar-refractivity contribution is 6.00. The smallest absolute Gasteiger partial charge is 0.230 e. The predicted octanol–water partition coefficient (Wildman–Crippen LogP) is 3.84. The standard InChI is InChI=1S/C24H27N5O2/c25-15-17-3-5-18(6-4-17)24(30)29-16-19-2-1-9-26-23(19)27-21-8-7-20(14-22(21)29)28-10-12-31-13-11-28/h1-2,7-9,14,17-18H,3-6,10-13,16H2,(H,26,27). The molecule has 0 bridgehead atoms. The van der Waals surface area contributed by atoms with Crippen LogP contribution in [0.1, 0.15) is 31.2 Å². The first-order chi connectivity index (χ1) is 15.2. The van der Waals surface area contributed by atoms with Crippen LogP contribution < -0.4 is 15.1 Å². The first-order valence-electron chi connectivity index (χ1n) is 11.1. The van der Waals surface area contributed by atoms with Crippen molar-refractivity contribution in [2.24, 2.45) is 11.8 Å². The molecule has 1 aromatic carbocycles. The minimum atomic E-state index is -0.0392. The van der Waals surface area contributed by atoms with Crippen molar-refractivity contribution in [3.63, 3.8) is 0 Å². The molecule has 0 spiro atoms. The summed E-state index contributed by atoms with van der Waals surface area (Å²) < 4.78 is 5.50. The molecule has 5 rings (SSSR count). The summed E-state index contributed by atoms with van der Waals surface area (Å²) in [4.78, 5) is 22.5. The van der Waals surface area contributed by atoms with Gasteiger partial charge >= 0.3 is 0 Å². The van der Waals surface area contributed by atoms with E-state index >= 15 is 0 Å². The van der Waals surface area contributed by atoms with E-state index in [0.29, 0.717) is 6.54 Å². The van der Waals surface area contributed by atoms with Crippen LogP contribution in [0.3, 0.4) is 0 Å². The molecular formula is C24H27N5O2. The maximum atomic E-state index is 13.7. The fraction of sp³-hybridized carbons (Fsp3) is 0.458. The van der Waals surface area contributed by atoms with Crippen LogP contribution in [0.25, 0.3) is 0 Å². The average molecular weight is 418 g/mol. The van der Waals surface area contributed by atoms with Gasteiger partial charge in [-0.2, -0.15) is 5.26 Å². The van der Waals surface area contributed by atoms with Gasteiger partial charge in [0.05, 0.1) is 37.2 Å². The van der Waals surface area contributed by atoms with Gasteiger partial charge in [0.1, 0.15) is 5.82 Å². The van der Waals surface area contributed by atoms with Crippen molar-refractivity contribution in [3.8, 4) is 6.07 Å². The van der Waals surface area contributed by atoms with E-state index in [0.717, 1.165) is 80.4 Å². The third kappa shape index (κ3) is 3.96. The number of benzene rings is 1. The van der Waals surface area contributed by atoms with Crippen molar-refractivity contribution in [3.05, 3.63) is 42.1 Å². The van der Waals surface area contributed by atoms with Crippen LogP contribution in [-0.4, -0.2) is 37.2 Å². The molecule has 31 heavy (non-hydrogen) atoms. The lowest BCUT2D eigenvalue weighted by atomic mass is 9.82. The zero-order chi connectivity index (χ0) is 21.2. The number of hydrogen-bond donors (Lipinski definition) is 1. The molecular weight excluding hydrogens is 390 g/mol. The number of morpholine rings is 1. The summed E-state index contributed by atoms with van der Waals surface area (Å²) in [6.07, 6.45) is 4.93. The van der Waals surface area contributed by atoms with Gasteiger partial charge < -0.3 is 19.9 Å². The SMILES string of the molecule is N#CC1CCC(C(=O)N2Cc3cccnc3Nc3ccc(N4CCOCC4)cc32)CC1. The molecule has 2 fully saturated rings. The van der Waals surface area contributed by atoms with Crippen molar-refractivity contribution in [2.75, 3.05) is 41.4 Å². The zero-order valence-corrected chi connectivity index (χ0v) is 17.6. The monoisotopic (exact) mass is 417 g/mol. The molecule has 7 nitrogen and oxygen atoms in total. The van der Waals surface area contributed by atoms with Crippen LogP contribution in [0.4, 0.5) is 22.9 Å². The second-order valence-electron chi connectivity index (χ2n) is 8.54. The lowest BCUT2D eigenvalue weighted by Crippen LogP contribution is -2.38. The number of rotatable bonds is 2. The van der Waals surface area contributed by atoms with Crippen LogP contribution in [0.15, 0.2) is 36.5 Å². The quantitative estimate of drug-likeness (QED) is 0.800.